The summed E-state index contributed by atoms with van der Waals surface area (Å²) in [4.78, 5) is 20.5. The molecule has 7 heteroatoms. The van der Waals surface area contributed by atoms with Crippen molar-refractivity contribution in [1.82, 2.24) is 15.3 Å². The molecular formula is C18H15Cl2N3OS. The van der Waals surface area contributed by atoms with Gasteiger partial charge in [0.15, 0.2) is 0 Å². The molecule has 0 spiro atoms. The lowest BCUT2D eigenvalue weighted by molar-refractivity contribution is 0.0954. The average Bonchev–Trinajstić information content (AvgIpc) is 3.02. The van der Waals surface area contributed by atoms with Gasteiger partial charge in [-0.3, -0.25) is 4.79 Å². The fourth-order valence-corrected chi connectivity index (χ4v) is 3.39. The van der Waals surface area contributed by atoms with Crippen LogP contribution >= 0.6 is 34.5 Å². The topological polar surface area (TPSA) is 54.9 Å². The van der Waals surface area contributed by atoms with Crippen LogP contribution in [0.2, 0.25) is 10.3 Å². The van der Waals surface area contributed by atoms with Crippen molar-refractivity contribution in [3.8, 4) is 11.3 Å². The third-order valence-electron chi connectivity index (χ3n) is 3.63. The smallest absolute Gasteiger partial charge is 0.254 e. The highest BCUT2D eigenvalue weighted by Gasteiger charge is 2.11. The molecule has 0 saturated heterocycles. The number of aryl methyl sites for hydroxylation is 1. The van der Waals surface area contributed by atoms with Gasteiger partial charge in [0.05, 0.1) is 16.3 Å². The van der Waals surface area contributed by atoms with E-state index in [2.05, 4.69) is 20.7 Å². The Kier molecular flexibility index (Phi) is 5.68. The summed E-state index contributed by atoms with van der Waals surface area (Å²) in [5, 5.41) is 6.31. The summed E-state index contributed by atoms with van der Waals surface area (Å²) in [5.74, 6) is -0.260. The molecule has 1 N–H and O–H groups in total. The van der Waals surface area contributed by atoms with E-state index in [9.17, 15) is 4.79 Å². The molecule has 0 aliphatic rings. The Morgan fingerprint density at radius 2 is 1.88 bits per heavy atom. The normalized spacial score (nSPS) is 10.7. The van der Waals surface area contributed by atoms with E-state index in [0.29, 0.717) is 12.1 Å². The number of amides is 1. The molecule has 0 saturated carbocycles. The number of thiazole rings is 1. The fourth-order valence-electron chi connectivity index (χ4n) is 2.34. The molecule has 4 nitrogen and oxygen atoms in total. The standard InChI is InChI=1S/C18H15Cl2N3OS/c1-11-22-15(10-25-11)13-4-2-12(3-5-13)8-9-21-18(24)14-6-7-16(19)23-17(14)20/h2-7,10H,8-9H2,1H3,(H,21,24). The number of carbonyl (C=O) groups excluding carboxylic acids is 1. The highest BCUT2D eigenvalue weighted by atomic mass is 35.5. The van der Waals surface area contributed by atoms with Gasteiger partial charge in [-0.2, -0.15) is 0 Å². The molecule has 0 aliphatic heterocycles. The number of hydrogen-bond donors (Lipinski definition) is 1. The number of aromatic nitrogens is 2. The molecule has 0 aliphatic carbocycles. The minimum absolute atomic E-state index is 0.105. The first-order valence-corrected chi connectivity index (χ1v) is 9.28. The quantitative estimate of drug-likeness (QED) is 0.635. The van der Waals surface area contributed by atoms with Crippen molar-refractivity contribution in [2.45, 2.75) is 13.3 Å². The Labute approximate surface area is 159 Å². The van der Waals surface area contributed by atoms with Gasteiger partial charge < -0.3 is 5.32 Å². The number of nitrogens with zero attached hydrogens (tertiary/aromatic N) is 2. The predicted molar refractivity (Wildman–Crippen MR) is 103 cm³/mol. The van der Waals surface area contributed by atoms with Gasteiger partial charge in [-0.25, -0.2) is 9.97 Å². The maximum absolute atomic E-state index is 12.1. The summed E-state index contributed by atoms with van der Waals surface area (Å²) in [5.41, 5.74) is 3.54. The Morgan fingerprint density at radius 1 is 1.12 bits per heavy atom. The molecule has 0 radical (unpaired) electrons. The summed E-state index contributed by atoms with van der Waals surface area (Å²) >= 11 is 13.3. The van der Waals surface area contributed by atoms with Crippen LogP contribution in [-0.2, 0) is 6.42 Å². The molecule has 3 aromatic rings. The lowest BCUT2D eigenvalue weighted by atomic mass is 10.1. The van der Waals surface area contributed by atoms with E-state index >= 15 is 0 Å². The molecule has 0 unspecified atom stereocenters. The molecule has 1 aromatic carbocycles. The van der Waals surface area contributed by atoms with E-state index in [1.165, 1.54) is 0 Å². The van der Waals surface area contributed by atoms with Gasteiger partial charge in [0.1, 0.15) is 10.3 Å². The Bertz CT molecular complexity index is 894. The van der Waals surface area contributed by atoms with Gasteiger partial charge in [0.25, 0.3) is 5.91 Å². The lowest BCUT2D eigenvalue weighted by Gasteiger charge is -2.07. The van der Waals surface area contributed by atoms with Crippen LogP contribution in [-0.4, -0.2) is 22.4 Å². The van der Waals surface area contributed by atoms with Crippen LogP contribution in [0.1, 0.15) is 20.9 Å². The zero-order valence-corrected chi connectivity index (χ0v) is 15.8. The summed E-state index contributed by atoms with van der Waals surface area (Å²) in [6.45, 7) is 2.50. The first-order valence-electron chi connectivity index (χ1n) is 7.64. The lowest BCUT2D eigenvalue weighted by Crippen LogP contribution is -2.26. The molecule has 0 bridgehead atoms. The zero-order chi connectivity index (χ0) is 17.8. The fraction of sp³-hybridized carbons (Fsp3) is 0.167. The van der Waals surface area contributed by atoms with Crippen LogP contribution in [0.4, 0.5) is 0 Å². The zero-order valence-electron chi connectivity index (χ0n) is 13.4. The first kappa shape index (κ1) is 17.9. The minimum atomic E-state index is -0.260. The van der Waals surface area contributed by atoms with Crippen LogP contribution < -0.4 is 5.32 Å². The first-order chi connectivity index (χ1) is 12.0. The summed E-state index contributed by atoms with van der Waals surface area (Å²) in [6.07, 6.45) is 0.723. The molecule has 3 rings (SSSR count). The minimum Gasteiger partial charge on any atom is -0.352 e. The molecule has 2 heterocycles. The van der Waals surface area contributed by atoms with Gasteiger partial charge >= 0.3 is 0 Å². The SMILES string of the molecule is Cc1nc(-c2ccc(CCNC(=O)c3ccc(Cl)nc3Cl)cc2)cs1. The maximum Gasteiger partial charge on any atom is 0.254 e. The average molecular weight is 392 g/mol. The number of benzene rings is 1. The summed E-state index contributed by atoms with van der Waals surface area (Å²) < 4.78 is 0. The van der Waals surface area contributed by atoms with E-state index in [1.54, 1.807) is 23.5 Å². The van der Waals surface area contributed by atoms with E-state index in [0.717, 1.165) is 28.2 Å². The predicted octanol–water partition coefficient (Wildman–Crippen LogP) is 4.79. The van der Waals surface area contributed by atoms with Crippen LogP contribution in [0.3, 0.4) is 0 Å². The molecule has 0 fully saturated rings. The number of hydrogen-bond acceptors (Lipinski definition) is 4. The molecule has 1 amide bonds. The maximum atomic E-state index is 12.1. The van der Waals surface area contributed by atoms with Gasteiger partial charge in [-0.15, -0.1) is 11.3 Å². The Balaban J connectivity index is 1.56. The van der Waals surface area contributed by atoms with E-state index in [-0.39, 0.29) is 16.2 Å². The monoisotopic (exact) mass is 391 g/mol. The number of nitrogens with one attached hydrogen (secondary N) is 1. The van der Waals surface area contributed by atoms with E-state index in [4.69, 9.17) is 23.2 Å². The molecule has 25 heavy (non-hydrogen) atoms. The highest BCUT2D eigenvalue weighted by molar-refractivity contribution is 7.09. The van der Waals surface area contributed by atoms with E-state index < -0.39 is 0 Å². The van der Waals surface area contributed by atoms with Crippen LogP contribution in [0.5, 0.6) is 0 Å². The van der Waals surface area contributed by atoms with E-state index in [1.807, 2.05) is 31.2 Å². The van der Waals surface area contributed by atoms with Crippen LogP contribution in [0.15, 0.2) is 41.8 Å². The summed E-state index contributed by atoms with van der Waals surface area (Å²) in [6, 6.07) is 11.3. The third-order valence-corrected chi connectivity index (χ3v) is 4.90. The van der Waals surface area contributed by atoms with Gasteiger partial charge in [-0.05, 0) is 31.0 Å². The molecule has 2 aromatic heterocycles. The number of pyridine rings is 1. The highest BCUT2D eigenvalue weighted by Crippen LogP contribution is 2.22. The van der Waals surface area contributed by atoms with Crippen LogP contribution in [0.25, 0.3) is 11.3 Å². The third kappa shape index (κ3) is 4.57. The second-order valence-electron chi connectivity index (χ2n) is 5.43. The van der Waals surface area contributed by atoms with Gasteiger partial charge in [0, 0.05) is 17.5 Å². The van der Waals surface area contributed by atoms with Crippen molar-refractivity contribution >= 4 is 40.4 Å². The molecular weight excluding hydrogens is 377 g/mol. The molecule has 0 atom stereocenters. The van der Waals surface area contributed by atoms with Gasteiger partial charge in [0.2, 0.25) is 0 Å². The van der Waals surface area contributed by atoms with Crippen molar-refractivity contribution in [3.05, 3.63) is 68.2 Å². The van der Waals surface area contributed by atoms with Crippen molar-refractivity contribution in [3.63, 3.8) is 0 Å². The van der Waals surface area contributed by atoms with Crippen molar-refractivity contribution in [1.29, 1.82) is 0 Å². The number of halogens is 2. The van der Waals surface area contributed by atoms with Crippen molar-refractivity contribution < 1.29 is 4.79 Å². The van der Waals surface area contributed by atoms with Crippen molar-refractivity contribution in [2.24, 2.45) is 0 Å². The second kappa shape index (κ2) is 7.95. The van der Waals surface area contributed by atoms with Crippen molar-refractivity contribution in [2.75, 3.05) is 6.54 Å². The van der Waals surface area contributed by atoms with Gasteiger partial charge in [-0.1, -0.05) is 47.5 Å². The largest absolute Gasteiger partial charge is 0.352 e. The van der Waals surface area contributed by atoms with Crippen LogP contribution in [0, 0.1) is 6.92 Å². The number of carbonyl (C=O) groups is 1. The Morgan fingerprint density at radius 3 is 2.52 bits per heavy atom. The Hall–Kier alpha value is -1.95. The summed E-state index contributed by atoms with van der Waals surface area (Å²) in [7, 11) is 0. The molecule has 128 valence electrons. The number of rotatable bonds is 5. The second-order valence-corrected chi connectivity index (χ2v) is 7.23.